The van der Waals surface area contributed by atoms with Crippen molar-refractivity contribution in [2.75, 3.05) is 23.8 Å². The molecule has 1 heterocycles. The lowest BCUT2D eigenvalue weighted by Crippen LogP contribution is -2.28. The highest BCUT2D eigenvalue weighted by Crippen LogP contribution is 2.23. The van der Waals surface area contributed by atoms with Crippen LogP contribution in [0.2, 0.25) is 0 Å². The highest BCUT2D eigenvalue weighted by Gasteiger charge is 2.13. The van der Waals surface area contributed by atoms with Gasteiger partial charge in [-0.1, -0.05) is 12.1 Å². The summed E-state index contributed by atoms with van der Waals surface area (Å²) in [6, 6.07) is 7.47. The zero-order chi connectivity index (χ0) is 12.8. The summed E-state index contributed by atoms with van der Waals surface area (Å²) in [6.45, 7) is 1.90. The van der Waals surface area contributed by atoms with E-state index in [0.717, 1.165) is 18.3 Å². The fourth-order valence-corrected chi connectivity index (χ4v) is 4.47. The van der Waals surface area contributed by atoms with Gasteiger partial charge >= 0.3 is 0 Å². The molecule has 1 amide bonds. The molecule has 1 unspecified atom stereocenters. The molecule has 1 aromatic carbocycles. The molecule has 3 nitrogen and oxygen atoms in total. The molecule has 0 aliphatic carbocycles. The molecule has 0 radical (unpaired) electrons. The van der Waals surface area contributed by atoms with Crippen molar-refractivity contribution in [1.29, 1.82) is 0 Å². The SMILES string of the molecule is NC(=O)c1ccc(CNCC2CSCCS2)cc1. The third-order valence-electron chi connectivity index (χ3n) is 2.82. The van der Waals surface area contributed by atoms with E-state index in [9.17, 15) is 4.79 Å². The van der Waals surface area contributed by atoms with Crippen molar-refractivity contribution in [2.45, 2.75) is 11.8 Å². The van der Waals surface area contributed by atoms with Crippen molar-refractivity contribution in [2.24, 2.45) is 5.73 Å². The number of primary amides is 1. The van der Waals surface area contributed by atoms with E-state index >= 15 is 0 Å². The van der Waals surface area contributed by atoms with Crippen LogP contribution in [-0.4, -0.2) is 35.0 Å². The normalized spacial score (nSPS) is 19.7. The maximum absolute atomic E-state index is 10.9. The molecule has 18 heavy (non-hydrogen) atoms. The van der Waals surface area contributed by atoms with Crippen LogP contribution >= 0.6 is 23.5 Å². The van der Waals surface area contributed by atoms with Crippen molar-refractivity contribution >= 4 is 29.4 Å². The largest absolute Gasteiger partial charge is 0.366 e. The van der Waals surface area contributed by atoms with Crippen molar-refractivity contribution in [1.82, 2.24) is 5.32 Å². The summed E-state index contributed by atoms with van der Waals surface area (Å²) >= 11 is 4.10. The van der Waals surface area contributed by atoms with Crippen LogP contribution in [0.1, 0.15) is 15.9 Å². The number of hydrogen-bond donors (Lipinski definition) is 2. The first-order chi connectivity index (χ1) is 8.75. The summed E-state index contributed by atoms with van der Waals surface area (Å²) < 4.78 is 0. The molecule has 1 aliphatic heterocycles. The molecule has 0 aromatic heterocycles. The first-order valence-corrected chi connectivity index (χ1v) is 8.25. The number of nitrogens with two attached hydrogens (primary N) is 1. The first kappa shape index (κ1) is 13.8. The Hall–Kier alpha value is -0.650. The first-order valence-electron chi connectivity index (χ1n) is 6.04. The van der Waals surface area contributed by atoms with Crippen LogP contribution < -0.4 is 11.1 Å². The quantitative estimate of drug-likeness (QED) is 0.863. The average Bonchev–Trinajstić information content (AvgIpc) is 2.40. The number of rotatable bonds is 5. The predicted molar refractivity (Wildman–Crippen MR) is 80.2 cm³/mol. The molecule has 0 saturated carbocycles. The van der Waals surface area contributed by atoms with Crippen LogP contribution in [0.25, 0.3) is 0 Å². The standard InChI is InChI=1S/C13H18N2OS2/c14-13(16)11-3-1-10(2-4-11)7-15-8-12-9-17-5-6-18-12/h1-4,12,15H,5-9H2,(H2,14,16). The van der Waals surface area contributed by atoms with Gasteiger partial charge in [-0.15, -0.1) is 0 Å². The molecule has 1 aliphatic rings. The minimum absolute atomic E-state index is 0.370. The molecular formula is C13H18N2OS2. The molecular weight excluding hydrogens is 264 g/mol. The third kappa shape index (κ3) is 4.23. The monoisotopic (exact) mass is 282 g/mol. The molecule has 0 spiro atoms. The van der Waals surface area contributed by atoms with Crippen LogP contribution in [0, 0.1) is 0 Å². The van der Waals surface area contributed by atoms with E-state index in [1.54, 1.807) is 12.1 Å². The minimum atomic E-state index is -0.370. The van der Waals surface area contributed by atoms with Crippen molar-refractivity contribution in [3.8, 4) is 0 Å². The second-order valence-corrected chi connectivity index (χ2v) is 6.82. The van der Waals surface area contributed by atoms with Gasteiger partial charge in [0.1, 0.15) is 0 Å². The maximum Gasteiger partial charge on any atom is 0.248 e. The number of hydrogen-bond acceptors (Lipinski definition) is 4. The highest BCUT2D eigenvalue weighted by molar-refractivity contribution is 8.06. The van der Waals surface area contributed by atoms with Crippen molar-refractivity contribution in [3.63, 3.8) is 0 Å². The van der Waals surface area contributed by atoms with Gasteiger partial charge in [-0.05, 0) is 17.7 Å². The number of amides is 1. The van der Waals surface area contributed by atoms with E-state index in [0.29, 0.717) is 5.56 Å². The lowest BCUT2D eigenvalue weighted by molar-refractivity contribution is 0.100. The second kappa shape index (κ2) is 7.07. The topological polar surface area (TPSA) is 55.1 Å². The summed E-state index contributed by atoms with van der Waals surface area (Å²) in [7, 11) is 0. The predicted octanol–water partition coefficient (Wildman–Crippen LogP) is 1.72. The maximum atomic E-state index is 10.9. The number of carbonyl (C=O) groups excluding carboxylic acids is 1. The van der Waals surface area contributed by atoms with Gasteiger partial charge in [-0.2, -0.15) is 23.5 Å². The lowest BCUT2D eigenvalue weighted by Gasteiger charge is -2.21. The smallest absolute Gasteiger partial charge is 0.248 e. The fourth-order valence-electron chi connectivity index (χ4n) is 1.82. The fraction of sp³-hybridized carbons (Fsp3) is 0.462. The lowest BCUT2D eigenvalue weighted by atomic mass is 10.1. The van der Waals surface area contributed by atoms with E-state index in [1.807, 2.05) is 23.9 Å². The Labute approximate surface area is 116 Å². The zero-order valence-corrected chi connectivity index (χ0v) is 11.9. The Kier molecular flexibility index (Phi) is 5.41. The average molecular weight is 282 g/mol. The number of benzene rings is 1. The Morgan fingerprint density at radius 3 is 2.72 bits per heavy atom. The molecule has 1 fully saturated rings. The Morgan fingerprint density at radius 1 is 1.33 bits per heavy atom. The summed E-state index contributed by atoms with van der Waals surface area (Å²) in [5.74, 6) is 3.43. The number of carbonyl (C=O) groups is 1. The summed E-state index contributed by atoms with van der Waals surface area (Å²) in [5.41, 5.74) is 6.96. The summed E-state index contributed by atoms with van der Waals surface area (Å²) in [6.07, 6.45) is 0. The minimum Gasteiger partial charge on any atom is -0.366 e. The summed E-state index contributed by atoms with van der Waals surface area (Å²) in [4.78, 5) is 10.9. The highest BCUT2D eigenvalue weighted by atomic mass is 32.2. The van der Waals surface area contributed by atoms with Crippen molar-refractivity contribution < 1.29 is 4.79 Å². The van der Waals surface area contributed by atoms with E-state index in [4.69, 9.17) is 5.73 Å². The van der Waals surface area contributed by atoms with Gasteiger partial charge in [0.05, 0.1) is 0 Å². The molecule has 0 bridgehead atoms. The van der Waals surface area contributed by atoms with Crippen molar-refractivity contribution in [3.05, 3.63) is 35.4 Å². The van der Waals surface area contributed by atoms with Crippen LogP contribution in [-0.2, 0) is 6.54 Å². The van der Waals surface area contributed by atoms with Gasteiger partial charge in [-0.3, -0.25) is 4.79 Å². The molecule has 1 aromatic rings. The van der Waals surface area contributed by atoms with Gasteiger partial charge in [0.15, 0.2) is 0 Å². The molecule has 5 heteroatoms. The molecule has 1 saturated heterocycles. The third-order valence-corrected chi connectivity index (χ3v) is 5.67. The van der Waals surface area contributed by atoms with E-state index < -0.39 is 0 Å². The number of thioether (sulfide) groups is 2. The summed E-state index contributed by atoms with van der Waals surface area (Å²) in [5, 5.41) is 4.20. The van der Waals surface area contributed by atoms with Crippen LogP contribution in [0.3, 0.4) is 0 Å². The van der Waals surface area contributed by atoms with Crippen LogP contribution in [0.5, 0.6) is 0 Å². The molecule has 2 rings (SSSR count). The van der Waals surface area contributed by atoms with Gasteiger partial charge in [0, 0.05) is 41.2 Å². The van der Waals surface area contributed by atoms with E-state index in [1.165, 1.54) is 22.8 Å². The Balaban J connectivity index is 1.74. The van der Waals surface area contributed by atoms with Gasteiger partial charge in [0.2, 0.25) is 5.91 Å². The Morgan fingerprint density at radius 2 is 2.11 bits per heavy atom. The Bertz CT molecular complexity index is 388. The van der Waals surface area contributed by atoms with E-state index in [-0.39, 0.29) is 5.91 Å². The number of nitrogens with one attached hydrogen (secondary N) is 1. The van der Waals surface area contributed by atoms with Gasteiger partial charge in [0.25, 0.3) is 0 Å². The molecule has 98 valence electrons. The van der Waals surface area contributed by atoms with Crippen LogP contribution in [0.15, 0.2) is 24.3 Å². The molecule has 1 atom stereocenters. The van der Waals surface area contributed by atoms with Crippen LogP contribution in [0.4, 0.5) is 0 Å². The van der Waals surface area contributed by atoms with Gasteiger partial charge in [-0.25, -0.2) is 0 Å². The van der Waals surface area contributed by atoms with E-state index in [2.05, 4.69) is 17.1 Å². The van der Waals surface area contributed by atoms with Gasteiger partial charge < -0.3 is 11.1 Å². The second-order valence-electron chi connectivity index (χ2n) is 4.26. The molecule has 3 N–H and O–H groups in total. The zero-order valence-electron chi connectivity index (χ0n) is 10.2.